The van der Waals surface area contributed by atoms with Gasteiger partial charge >= 0.3 is 0 Å². The van der Waals surface area contributed by atoms with Crippen molar-refractivity contribution in [1.82, 2.24) is 10.2 Å². The molecule has 7 nitrogen and oxygen atoms in total. The van der Waals surface area contributed by atoms with Crippen molar-refractivity contribution < 1.29 is 18.0 Å². The molecule has 2 aromatic carbocycles. The Morgan fingerprint density at radius 2 is 1.62 bits per heavy atom. The molecule has 0 aliphatic heterocycles. The fourth-order valence-electron chi connectivity index (χ4n) is 3.88. The molecule has 0 spiro atoms. The normalized spacial score (nSPS) is 12.1. The van der Waals surface area contributed by atoms with E-state index in [1.165, 1.54) is 4.90 Å². The highest BCUT2D eigenvalue weighted by Gasteiger charge is 2.30. The summed E-state index contributed by atoms with van der Waals surface area (Å²) in [6, 6.07) is 14.5. The Labute approximate surface area is 204 Å². The van der Waals surface area contributed by atoms with Gasteiger partial charge in [0.2, 0.25) is 21.8 Å². The minimum absolute atomic E-state index is 0.243. The van der Waals surface area contributed by atoms with Crippen LogP contribution in [0.3, 0.4) is 0 Å². The van der Waals surface area contributed by atoms with Crippen LogP contribution in [0.25, 0.3) is 0 Å². The number of nitrogens with one attached hydrogen (secondary N) is 1. The molecular formula is C26H37N3O4S. The number of sulfonamides is 1. The summed E-state index contributed by atoms with van der Waals surface area (Å²) in [5, 5.41) is 2.89. The minimum Gasteiger partial charge on any atom is -0.354 e. The topological polar surface area (TPSA) is 86.8 Å². The molecule has 0 heterocycles. The number of amides is 2. The molecule has 0 unspecified atom stereocenters. The highest BCUT2D eigenvalue weighted by atomic mass is 32.2. The van der Waals surface area contributed by atoms with Gasteiger partial charge in [0, 0.05) is 13.1 Å². The van der Waals surface area contributed by atoms with Crippen LogP contribution in [-0.4, -0.2) is 57.1 Å². The van der Waals surface area contributed by atoms with Crippen molar-refractivity contribution >= 4 is 27.5 Å². The average molecular weight is 488 g/mol. The lowest BCUT2D eigenvalue weighted by Crippen LogP contribution is -2.52. The van der Waals surface area contributed by atoms with E-state index in [1.54, 1.807) is 6.92 Å². The zero-order chi connectivity index (χ0) is 25.3. The lowest BCUT2D eigenvalue weighted by molar-refractivity contribution is -0.138. The SMILES string of the molecule is CCCCNC(=O)[C@@H](C)N(CCc1ccccc1)C(=O)CN(c1c(C)cccc1C)S(C)(=O)=O. The van der Waals surface area contributed by atoms with Gasteiger partial charge in [-0.3, -0.25) is 13.9 Å². The molecule has 0 aromatic heterocycles. The monoisotopic (exact) mass is 487 g/mol. The van der Waals surface area contributed by atoms with Crippen LogP contribution in [0.2, 0.25) is 0 Å². The summed E-state index contributed by atoms with van der Waals surface area (Å²) in [6.45, 7) is 7.84. The first-order chi connectivity index (χ1) is 16.1. The standard InChI is InChI=1S/C26H37N3O4S/c1-6-7-17-27-26(31)22(4)28(18-16-23-14-9-8-10-15-23)24(30)19-29(34(5,32)33)25-20(2)12-11-13-21(25)3/h8-15,22H,6-7,16-19H2,1-5H3,(H,27,31)/t22-/m1/s1. The third-order valence-electron chi connectivity index (χ3n) is 5.85. The molecule has 0 saturated heterocycles. The second kappa shape index (κ2) is 12.6. The summed E-state index contributed by atoms with van der Waals surface area (Å²) in [7, 11) is -3.74. The predicted molar refractivity (Wildman–Crippen MR) is 137 cm³/mol. The first-order valence-electron chi connectivity index (χ1n) is 11.7. The number of carbonyl (C=O) groups excluding carboxylic acids is 2. The summed E-state index contributed by atoms with van der Waals surface area (Å²) >= 11 is 0. The number of hydrogen-bond donors (Lipinski definition) is 1. The van der Waals surface area contributed by atoms with Crippen molar-refractivity contribution in [2.75, 3.05) is 30.2 Å². The first kappa shape index (κ1) is 27.4. The fraction of sp³-hybridized carbons (Fsp3) is 0.462. The van der Waals surface area contributed by atoms with E-state index in [0.29, 0.717) is 25.2 Å². The van der Waals surface area contributed by atoms with Gasteiger partial charge in [0.15, 0.2) is 0 Å². The Balaban J connectivity index is 2.32. The lowest BCUT2D eigenvalue weighted by Gasteiger charge is -2.32. The highest BCUT2D eigenvalue weighted by Crippen LogP contribution is 2.27. The Morgan fingerprint density at radius 1 is 1.00 bits per heavy atom. The third kappa shape index (κ3) is 7.58. The first-order valence-corrected chi connectivity index (χ1v) is 13.6. The largest absolute Gasteiger partial charge is 0.354 e. The van der Waals surface area contributed by atoms with Crippen LogP contribution in [0.4, 0.5) is 5.69 Å². The van der Waals surface area contributed by atoms with E-state index in [0.717, 1.165) is 40.1 Å². The Kier molecular flexibility index (Phi) is 10.1. The minimum atomic E-state index is -3.74. The Morgan fingerprint density at radius 3 is 2.18 bits per heavy atom. The molecule has 2 rings (SSSR count). The predicted octanol–water partition coefficient (Wildman–Crippen LogP) is 3.45. The Hall–Kier alpha value is -2.87. The van der Waals surface area contributed by atoms with E-state index in [9.17, 15) is 18.0 Å². The maximum absolute atomic E-state index is 13.5. The number of aryl methyl sites for hydroxylation is 2. The smallest absolute Gasteiger partial charge is 0.244 e. The molecular weight excluding hydrogens is 450 g/mol. The van der Waals surface area contributed by atoms with Crippen LogP contribution < -0.4 is 9.62 Å². The van der Waals surface area contributed by atoms with Crippen LogP contribution in [0.15, 0.2) is 48.5 Å². The van der Waals surface area contributed by atoms with Crippen molar-refractivity contribution in [3.8, 4) is 0 Å². The maximum Gasteiger partial charge on any atom is 0.244 e. The van der Waals surface area contributed by atoms with Crippen molar-refractivity contribution in [2.24, 2.45) is 0 Å². The van der Waals surface area contributed by atoms with E-state index >= 15 is 0 Å². The second-order valence-corrected chi connectivity index (χ2v) is 10.6. The Bertz CT molecular complexity index is 1050. The van der Waals surface area contributed by atoms with Crippen molar-refractivity contribution in [3.05, 3.63) is 65.2 Å². The maximum atomic E-state index is 13.5. The number of hydrogen-bond acceptors (Lipinski definition) is 4. The molecule has 34 heavy (non-hydrogen) atoms. The van der Waals surface area contributed by atoms with Gasteiger partial charge in [0.1, 0.15) is 12.6 Å². The lowest BCUT2D eigenvalue weighted by atomic mass is 10.1. The third-order valence-corrected chi connectivity index (χ3v) is 6.96. The highest BCUT2D eigenvalue weighted by molar-refractivity contribution is 7.92. The summed E-state index contributed by atoms with van der Waals surface area (Å²) in [5.74, 6) is -0.657. The number of benzene rings is 2. The van der Waals surface area contributed by atoms with Crippen LogP contribution in [0, 0.1) is 13.8 Å². The van der Waals surface area contributed by atoms with E-state index in [2.05, 4.69) is 5.32 Å². The van der Waals surface area contributed by atoms with Gasteiger partial charge in [-0.2, -0.15) is 0 Å². The molecule has 1 N–H and O–H groups in total. The van der Waals surface area contributed by atoms with Crippen LogP contribution in [0.1, 0.15) is 43.4 Å². The van der Waals surface area contributed by atoms with Gasteiger partial charge in [-0.15, -0.1) is 0 Å². The molecule has 186 valence electrons. The van der Waals surface area contributed by atoms with Crippen LogP contribution >= 0.6 is 0 Å². The molecule has 2 amide bonds. The molecule has 0 radical (unpaired) electrons. The molecule has 8 heteroatoms. The van der Waals surface area contributed by atoms with Gasteiger partial charge < -0.3 is 10.2 Å². The summed E-state index contributed by atoms with van der Waals surface area (Å²) in [4.78, 5) is 27.8. The molecule has 0 bridgehead atoms. The zero-order valence-electron chi connectivity index (χ0n) is 20.9. The van der Waals surface area contributed by atoms with Gasteiger partial charge in [-0.25, -0.2) is 8.42 Å². The number of carbonyl (C=O) groups is 2. The van der Waals surface area contributed by atoms with Gasteiger partial charge in [-0.05, 0) is 50.3 Å². The number of anilines is 1. The molecule has 0 aliphatic carbocycles. The molecule has 0 aliphatic rings. The summed E-state index contributed by atoms with van der Waals surface area (Å²) in [5.41, 5.74) is 3.06. The molecule has 2 aromatic rings. The van der Waals surface area contributed by atoms with Crippen molar-refractivity contribution in [2.45, 2.75) is 53.0 Å². The van der Waals surface area contributed by atoms with E-state index in [-0.39, 0.29) is 12.5 Å². The number of unbranched alkanes of at least 4 members (excludes halogenated alkanes) is 1. The second-order valence-electron chi connectivity index (χ2n) is 8.65. The molecule has 1 atom stereocenters. The van der Waals surface area contributed by atoms with E-state index < -0.39 is 22.0 Å². The average Bonchev–Trinajstić information content (AvgIpc) is 2.78. The summed E-state index contributed by atoms with van der Waals surface area (Å²) in [6.07, 6.45) is 3.46. The number of rotatable bonds is 12. The molecule has 0 fully saturated rings. The van der Waals surface area contributed by atoms with Crippen molar-refractivity contribution in [3.63, 3.8) is 0 Å². The van der Waals surface area contributed by atoms with Crippen molar-refractivity contribution in [1.29, 1.82) is 0 Å². The van der Waals surface area contributed by atoms with E-state index in [1.807, 2.05) is 69.3 Å². The zero-order valence-corrected chi connectivity index (χ0v) is 21.7. The van der Waals surface area contributed by atoms with Crippen LogP contribution in [-0.2, 0) is 26.0 Å². The quantitative estimate of drug-likeness (QED) is 0.465. The van der Waals surface area contributed by atoms with Gasteiger partial charge in [0.25, 0.3) is 0 Å². The van der Waals surface area contributed by atoms with Gasteiger partial charge in [-0.1, -0.05) is 61.9 Å². The summed E-state index contributed by atoms with van der Waals surface area (Å²) < 4.78 is 26.6. The van der Waals surface area contributed by atoms with Gasteiger partial charge in [0.05, 0.1) is 11.9 Å². The number of nitrogens with zero attached hydrogens (tertiary/aromatic N) is 2. The van der Waals surface area contributed by atoms with Crippen LogP contribution in [0.5, 0.6) is 0 Å². The fourth-order valence-corrected chi connectivity index (χ4v) is 4.85. The van der Waals surface area contributed by atoms with E-state index in [4.69, 9.17) is 0 Å². The molecule has 0 saturated carbocycles. The number of para-hydroxylation sites is 1.